The van der Waals surface area contributed by atoms with E-state index in [9.17, 15) is 9.59 Å². The minimum atomic E-state index is -0.205. The average Bonchev–Trinajstić information content (AvgIpc) is 2.38. The van der Waals surface area contributed by atoms with Gasteiger partial charge < -0.3 is 4.98 Å². The molecule has 0 amide bonds. The summed E-state index contributed by atoms with van der Waals surface area (Å²) in [6.45, 7) is 0. The quantitative estimate of drug-likeness (QED) is 0.622. The molecule has 0 fully saturated rings. The molecule has 0 saturated carbocycles. The van der Waals surface area contributed by atoms with E-state index < -0.39 is 0 Å². The number of Topliss-reactive ketones (excluding diaryl/α,β-unsaturated/α-hetero) is 1. The number of aromatic amines is 1. The lowest BCUT2D eigenvalue weighted by atomic mass is 9.90. The standard InChI is InChI=1S/C12H11N3O2S/c1-18-12-14-10-9(11(17)15-12)6-3-2-4-8(16)7(6)5-13-10/h5H,2-4H2,1H3,(H,13,14,15,17). The molecule has 1 aliphatic rings. The Morgan fingerprint density at radius 3 is 2.94 bits per heavy atom. The number of carbonyl (C=O) groups excluding carboxylic acids is 1. The van der Waals surface area contributed by atoms with Crippen LogP contribution in [-0.4, -0.2) is 27.0 Å². The number of rotatable bonds is 1. The van der Waals surface area contributed by atoms with E-state index in [1.54, 1.807) is 6.20 Å². The summed E-state index contributed by atoms with van der Waals surface area (Å²) in [5.74, 6) is 0.0685. The number of aromatic nitrogens is 3. The molecule has 0 saturated heterocycles. The van der Waals surface area contributed by atoms with Crippen molar-refractivity contribution in [3.63, 3.8) is 0 Å². The summed E-state index contributed by atoms with van der Waals surface area (Å²) >= 11 is 1.36. The Bertz CT molecular complexity index is 708. The highest BCUT2D eigenvalue weighted by molar-refractivity contribution is 7.98. The first-order valence-electron chi connectivity index (χ1n) is 5.70. The van der Waals surface area contributed by atoms with E-state index in [0.29, 0.717) is 28.2 Å². The van der Waals surface area contributed by atoms with Crippen molar-refractivity contribution < 1.29 is 4.79 Å². The largest absolute Gasteiger partial charge is 0.301 e. The fourth-order valence-electron chi connectivity index (χ4n) is 2.30. The second kappa shape index (κ2) is 4.20. The van der Waals surface area contributed by atoms with Gasteiger partial charge in [0.2, 0.25) is 0 Å². The Morgan fingerprint density at radius 1 is 1.33 bits per heavy atom. The molecule has 2 aromatic rings. The van der Waals surface area contributed by atoms with E-state index in [1.807, 2.05) is 6.26 Å². The van der Waals surface area contributed by atoms with Crippen LogP contribution in [0.5, 0.6) is 0 Å². The van der Waals surface area contributed by atoms with Crippen LogP contribution >= 0.6 is 11.8 Å². The van der Waals surface area contributed by atoms with Gasteiger partial charge in [-0.05, 0) is 24.7 Å². The van der Waals surface area contributed by atoms with Gasteiger partial charge in [0.1, 0.15) is 0 Å². The van der Waals surface area contributed by atoms with Crippen molar-refractivity contribution in [2.24, 2.45) is 0 Å². The average molecular weight is 261 g/mol. The third-order valence-electron chi connectivity index (χ3n) is 3.15. The number of aryl methyl sites for hydroxylation is 1. The van der Waals surface area contributed by atoms with Gasteiger partial charge >= 0.3 is 0 Å². The predicted molar refractivity (Wildman–Crippen MR) is 69.2 cm³/mol. The summed E-state index contributed by atoms with van der Waals surface area (Å²) in [6.07, 6.45) is 5.45. The summed E-state index contributed by atoms with van der Waals surface area (Å²) in [5.41, 5.74) is 1.61. The molecule has 18 heavy (non-hydrogen) atoms. The highest BCUT2D eigenvalue weighted by Gasteiger charge is 2.22. The van der Waals surface area contributed by atoms with Crippen molar-refractivity contribution in [2.75, 3.05) is 6.26 Å². The lowest BCUT2D eigenvalue weighted by Crippen LogP contribution is -2.18. The molecule has 0 bridgehead atoms. The van der Waals surface area contributed by atoms with Gasteiger partial charge in [0, 0.05) is 18.2 Å². The SMILES string of the molecule is CSc1nc2ncc3c(c2c(=O)[nH]1)CCCC3=O. The van der Waals surface area contributed by atoms with E-state index in [1.165, 1.54) is 11.8 Å². The van der Waals surface area contributed by atoms with Crippen molar-refractivity contribution >= 4 is 28.6 Å². The summed E-state index contributed by atoms with van der Waals surface area (Å²) < 4.78 is 0. The highest BCUT2D eigenvalue weighted by Crippen LogP contribution is 2.25. The van der Waals surface area contributed by atoms with Crippen molar-refractivity contribution in [3.05, 3.63) is 27.7 Å². The Labute approximate surface area is 107 Å². The number of pyridine rings is 1. The molecule has 3 rings (SSSR count). The van der Waals surface area contributed by atoms with Crippen molar-refractivity contribution in [3.8, 4) is 0 Å². The first-order chi connectivity index (χ1) is 8.70. The van der Waals surface area contributed by atoms with Crippen molar-refractivity contribution in [2.45, 2.75) is 24.4 Å². The Hall–Kier alpha value is -1.69. The van der Waals surface area contributed by atoms with Crippen molar-refractivity contribution in [1.82, 2.24) is 15.0 Å². The van der Waals surface area contributed by atoms with Gasteiger partial charge in [-0.3, -0.25) is 9.59 Å². The molecule has 5 nitrogen and oxygen atoms in total. The second-order valence-electron chi connectivity index (χ2n) is 4.20. The number of thioether (sulfide) groups is 1. The van der Waals surface area contributed by atoms with Crippen LogP contribution in [0.15, 0.2) is 16.1 Å². The normalized spacial score (nSPS) is 14.8. The van der Waals surface area contributed by atoms with Crippen LogP contribution < -0.4 is 5.56 Å². The summed E-state index contributed by atoms with van der Waals surface area (Å²) in [5, 5.41) is 1.01. The Kier molecular flexibility index (Phi) is 2.66. The number of nitrogens with zero attached hydrogens (tertiary/aromatic N) is 2. The van der Waals surface area contributed by atoms with Crippen LogP contribution in [0.3, 0.4) is 0 Å². The molecule has 0 aromatic carbocycles. The first-order valence-corrected chi connectivity index (χ1v) is 6.92. The van der Waals surface area contributed by atoms with Crippen LogP contribution in [0, 0.1) is 0 Å². The molecule has 1 N–H and O–H groups in total. The fourth-order valence-corrected chi connectivity index (χ4v) is 2.67. The number of ketones is 1. The van der Waals surface area contributed by atoms with Gasteiger partial charge in [0.25, 0.3) is 5.56 Å². The highest BCUT2D eigenvalue weighted by atomic mass is 32.2. The number of hydrogen-bond acceptors (Lipinski definition) is 5. The number of H-pyrrole nitrogens is 1. The number of fused-ring (bicyclic) bond motifs is 3. The number of carbonyl (C=O) groups is 1. The summed E-state index contributed by atoms with van der Waals surface area (Å²) in [6, 6.07) is 0. The molecule has 2 heterocycles. The molecular formula is C12H11N3O2S. The molecule has 0 atom stereocenters. The van der Waals surface area contributed by atoms with E-state index >= 15 is 0 Å². The molecule has 2 aromatic heterocycles. The lowest BCUT2D eigenvalue weighted by molar-refractivity contribution is 0.0972. The third-order valence-corrected chi connectivity index (χ3v) is 3.73. The van der Waals surface area contributed by atoms with Crippen LogP contribution in [0.25, 0.3) is 11.0 Å². The van der Waals surface area contributed by atoms with Gasteiger partial charge in [-0.1, -0.05) is 11.8 Å². The van der Waals surface area contributed by atoms with E-state index in [2.05, 4.69) is 15.0 Å². The van der Waals surface area contributed by atoms with Gasteiger partial charge in [-0.15, -0.1) is 0 Å². The molecule has 1 aliphatic carbocycles. The maximum Gasteiger partial charge on any atom is 0.261 e. The summed E-state index contributed by atoms with van der Waals surface area (Å²) in [4.78, 5) is 35.0. The molecule has 6 heteroatoms. The van der Waals surface area contributed by atoms with E-state index in [4.69, 9.17) is 0 Å². The molecule has 0 radical (unpaired) electrons. The zero-order valence-electron chi connectivity index (χ0n) is 9.82. The van der Waals surface area contributed by atoms with Gasteiger partial charge in [-0.25, -0.2) is 9.97 Å². The minimum Gasteiger partial charge on any atom is -0.301 e. The van der Waals surface area contributed by atoms with Crippen LogP contribution in [-0.2, 0) is 6.42 Å². The Balaban J connectivity index is 2.39. The maximum absolute atomic E-state index is 12.1. The maximum atomic E-state index is 12.1. The molecule has 0 aliphatic heterocycles. The van der Waals surface area contributed by atoms with E-state index in [0.717, 1.165) is 18.4 Å². The first kappa shape index (κ1) is 11.4. The van der Waals surface area contributed by atoms with Crippen LogP contribution in [0.1, 0.15) is 28.8 Å². The van der Waals surface area contributed by atoms with Gasteiger partial charge in [0.05, 0.1) is 5.39 Å². The second-order valence-corrected chi connectivity index (χ2v) is 5.00. The number of hydrogen-bond donors (Lipinski definition) is 1. The lowest BCUT2D eigenvalue weighted by Gasteiger charge is -2.15. The van der Waals surface area contributed by atoms with Crippen LogP contribution in [0.2, 0.25) is 0 Å². The van der Waals surface area contributed by atoms with Gasteiger partial charge in [-0.2, -0.15) is 0 Å². The summed E-state index contributed by atoms with van der Waals surface area (Å²) in [7, 11) is 0. The van der Waals surface area contributed by atoms with Crippen molar-refractivity contribution in [1.29, 1.82) is 0 Å². The van der Waals surface area contributed by atoms with Crippen LogP contribution in [0.4, 0.5) is 0 Å². The fraction of sp³-hybridized carbons (Fsp3) is 0.333. The zero-order chi connectivity index (χ0) is 12.7. The smallest absolute Gasteiger partial charge is 0.261 e. The zero-order valence-corrected chi connectivity index (χ0v) is 10.6. The third kappa shape index (κ3) is 1.64. The molecule has 0 spiro atoms. The number of nitrogens with one attached hydrogen (secondary N) is 1. The van der Waals surface area contributed by atoms with Gasteiger partial charge in [0.15, 0.2) is 16.6 Å². The molecule has 92 valence electrons. The topological polar surface area (TPSA) is 75.7 Å². The molecule has 0 unspecified atom stereocenters. The Morgan fingerprint density at radius 2 is 2.17 bits per heavy atom. The predicted octanol–water partition coefficient (Wildman–Crippen LogP) is 1.56. The van der Waals surface area contributed by atoms with E-state index in [-0.39, 0.29) is 11.3 Å². The molecular weight excluding hydrogens is 250 g/mol. The monoisotopic (exact) mass is 261 g/mol. The minimum absolute atomic E-state index is 0.0685.